The van der Waals surface area contributed by atoms with Gasteiger partial charge in [0.25, 0.3) is 11.4 Å². The van der Waals surface area contributed by atoms with E-state index in [1.807, 2.05) is 0 Å². The lowest BCUT2D eigenvalue weighted by Crippen LogP contribution is -2.00. The van der Waals surface area contributed by atoms with E-state index in [0.29, 0.717) is 5.56 Å². The maximum Gasteiger partial charge on any atom is 0.299 e. The third kappa shape index (κ3) is 1.60. The maximum absolute atomic E-state index is 10.5. The van der Waals surface area contributed by atoms with Gasteiger partial charge in [0.15, 0.2) is 0 Å². The first-order valence-corrected chi connectivity index (χ1v) is 3.62. The van der Waals surface area contributed by atoms with Gasteiger partial charge in [0, 0.05) is 6.07 Å². The molecule has 0 aliphatic rings. The van der Waals surface area contributed by atoms with Gasteiger partial charge in [-0.3, -0.25) is 20.2 Å². The summed E-state index contributed by atoms with van der Waals surface area (Å²) in [6.45, 7) is 1.48. The van der Waals surface area contributed by atoms with E-state index in [4.69, 9.17) is 5.73 Å². The molecule has 0 atom stereocenters. The van der Waals surface area contributed by atoms with Crippen LogP contribution in [0.5, 0.6) is 0 Å². The molecule has 0 radical (unpaired) electrons. The molecule has 1 aromatic carbocycles. The van der Waals surface area contributed by atoms with Gasteiger partial charge in [0.2, 0.25) is 0 Å². The van der Waals surface area contributed by atoms with Gasteiger partial charge in [-0.15, -0.1) is 0 Å². The Hall–Kier alpha value is -2.18. The van der Waals surface area contributed by atoms with E-state index >= 15 is 0 Å². The second kappa shape index (κ2) is 3.29. The van der Waals surface area contributed by atoms with Gasteiger partial charge in [-0.1, -0.05) is 0 Å². The van der Waals surface area contributed by atoms with Crippen LogP contribution in [0.1, 0.15) is 5.56 Å². The number of benzene rings is 1. The summed E-state index contributed by atoms with van der Waals surface area (Å²) in [5.74, 6) is 0. The van der Waals surface area contributed by atoms with Gasteiger partial charge in [-0.25, -0.2) is 0 Å². The molecule has 2 N–H and O–H groups in total. The Labute approximate surface area is 78.4 Å². The van der Waals surface area contributed by atoms with Crippen LogP contribution in [0.15, 0.2) is 12.1 Å². The Bertz CT molecular complexity index is 416. The minimum absolute atomic E-state index is 0.0411. The molecule has 0 bridgehead atoms. The molecule has 14 heavy (non-hydrogen) atoms. The van der Waals surface area contributed by atoms with Crippen LogP contribution in [0.2, 0.25) is 0 Å². The van der Waals surface area contributed by atoms with E-state index in [1.165, 1.54) is 13.0 Å². The lowest BCUT2D eigenvalue weighted by atomic mass is 10.1. The Morgan fingerprint density at radius 1 is 1.21 bits per heavy atom. The molecule has 0 heterocycles. The zero-order chi connectivity index (χ0) is 10.9. The summed E-state index contributed by atoms with van der Waals surface area (Å²) in [6, 6.07) is 2.05. The van der Waals surface area contributed by atoms with Crippen LogP contribution in [0.25, 0.3) is 0 Å². The lowest BCUT2D eigenvalue weighted by molar-refractivity contribution is -0.393. The van der Waals surface area contributed by atoms with Crippen molar-refractivity contribution in [1.29, 1.82) is 0 Å². The number of nitrogens with two attached hydrogens (primary N) is 1. The summed E-state index contributed by atoms with van der Waals surface area (Å²) in [6.07, 6.45) is 0. The molecule has 0 saturated carbocycles. The number of aryl methyl sites for hydroxylation is 1. The Morgan fingerprint density at radius 3 is 2.21 bits per heavy atom. The highest BCUT2D eigenvalue weighted by Crippen LogP contribution is 2.29. The Morgan fingerprint density at radius 2 is 1.79 bits per heavy atom. The van der Waals surface area contributed by atoms with Gasteiger partial charge >= 0.3 is 0 Å². The van der Waals surface area contributed by atoms with E-state index in [2.05, 4.69) is 0 Å². The van der Waals surface area contributed by atoms with Gasteiger partial charge in [-0.2, -0.15) is 0 Å². The number of non-ortho nitro benzene ring substituents is 1. The van der Waals surface area contributed by atoms with Crippen molar-refractivity contribution in [3.8, 4) is 0 Å². The molecule has 0 aromatic heterocycles. The van der Waals surface area contributed by atoms with Gasteiger partial charge < -0.3 is 5.73 Å². The molecule has 1 rings (SSSR count). The fourth-order valence-corrected chi connectivity index (χ4v) is 1.02. The number of rotatable bonds is 2. The van der Waals surface area contributed by atoms with Crippen LogP contribution in [0.4, 0.5) is 17.1 Å². The number of hydrogen-bond acceptors (Lipinski definition) is 5. The third-order valence-electron chi connectivity index (χ3n) is 1.76. The van der Waals surface area contributed by atoms with Crippen LogP contribution in [0.3, 0.4) is 0 Å². The average Bonchev–Trinajstić information content (AvgIpc) is 2.08. The van der Waals surface area contributed by atoms with Crippen LogP contribution in [-0.2, 0) is 0 Å². The van der Waals surface area contributed by atoms with E-state index in [9.17, 15) is 20.2 Å². The molecular weight excluding hydrogens is 190 g/mol. The van der Waals surface area contributed by atoms with Crippen LogP contribution < -0.4 is 5.73 Å². The highest BCUT2D eigenvalue weighted by atomic mass is 16.6. The standard InChI is InChI=1S/C7H7N3O4/c1-4-2-5(9(11)12)3-6(7(4)8)10(13)14/h2-3H,8H2,1H3. The number of anilines is 1. The van der Waals surface area contributed by atoms with E-state index in [0.717, 1.165) is 6.07 Å². The highest BCUT2D eigenvalue weighted by molar-refractivity contribution is 5.66. The molecule has 0 amide bonds. The number of nitro groups is 2. The summed E-state index contributed by atoms with van der Waals surface area (Å²) in [4.78, 5) is 19.4. The molecule has 0 aliphatic carbocycles. The SMILES string of the molecule is Cc1cc([N+](=O)[O-])cc([N+](=O)[O-])c1N. The second-order valence-electron chi connectivity index (χ2n) is 2.71. The first-order valence-electron chi connectivity index (χ1n) is 3.62. The van der Waals surface area contributed by atoms with E-state index in [-0.39, 0.29) is 11.4 Å². The molecule has 74 valence electrons. The van der Waals surface area contributed by atoms with Gasteiger partial charge in [0.1, 0.15) is 5.69 Å². The van der Waals surface area contributed by atoms with Crippen molar-refractivity contribution in [2.45, 2.75) is 6.92 Å². The summed E-state index contributed by atoms with van der Waals surface area (Å²) in [5, 5.41) is 20.8. The monoisotopic (exact) mass is 197 g/mol. The summed E-state index contributed by atoms with van der Waals surface area (Å²) in [7, 11) is 0. The summed E-state index contributed by atoms with van der Waals surface area (Å²) in [5.41, 5.74) is 4.91. The zero-order valence-electron chi connectivity index (χ0n) is 7.26. The van der Waals surface area contributed by atoms with E-state index in [1.54, 1.807) is 0 Å². The first-order chi connectivity index (χ1) is 6.43. The van der Waals surface area contributed by atoms with Crippen molar-refractivity contribution >= 4 is 17.1 Å². The molecule has 1 aromatic rings. The smallest absolute Gasteiger partial charge is 0.299 e. The van der Waals surface area contributed by atoms with Crippen LogP contribution in [0, 0.1) is 27.2 Å². The van der Waals surface area contributed by atoms with Crippen molar-refractivity contribution < 1.29 is 9.85 Å². The predicted molar refractivity (Wildman–Crippen MR) is 48.9 cm³/mol. The second-order valence-corrected chi connectivity index (χ2v) is 2.71. The van der Waals surface area contributed by atoms with Crippen LogP contribution in [-0.4, -0.2) is 9.85 Å². The topological polar surface area (TPSA) is 112 Å². The number of nitrogens with zero attached hydrogens (tertiary/aromatic N) is 2. The predicted octanol–water partition coefficient (Wildman–Crippen LogP) is 1.39. The number of nitro benzene ring substituents is 2. The van der Waals surface area contributed by atoms with Gasteiger partial charge in [0.05, 0.1) is 15.9 Å². The summed E-state index contributed by atoms with van der Waals surface area (Å²) >= 11 is 0. The lowest BCUT2D eigenvalue weighted by Gasteiger charge is -2.00. The third-order valence-corrected chi connectivity index (χ3v) is 1.76. The minimum Gasteiger partial charge on any atom is -0.393 e. The largest absolute Gasteiger partial charge is 0.393 e. The zero-order valence-corrected chi connectivity index (χ0v) is 7.26. The van der Waals surface area contributed by atoms with E-state index < -0.39 is 15.5 Å². The molecule has 0 saturated heterocycles. The molecule has 0 unspecified atom stereocenters. The molecule has 7 heteroatoms. The molecular formula is C7H7N3O4. The first kappa shape index (κ1) is 9.90. The minimum atomic E-state index is -0.741. The van der Waals surface area contributed by atoms with Crippen molar-refractivity contribution in [2.75, 3.05) is 5.73 Å². The maximum atomic E-state index is 10.5. The molecule has 0 fully saturated rings. The molecule has 7 nitrogen and oxygen atoms in total. The molecule has 0 spiro atoms. The Kier molecular flexibility index (Phi) is 2.32. The van der Waals surface area contributed by atoms with Crippen LogP contribution >= 0.6 is 0 Å². The Balaban J connectivity index is 3.43. The normalized spacial score (nSPS) is 9.79. The van der Waals surface area contributed by atoms with Crippen molar-refractivity contribution in [3.63, 3.8) is 0 Å². The highest BCUT2D eigenvalue weighted by Gasteiger charge is 2.19. The fraction of sp³-hybridized carbons (Fsp3) is 0.143. The van der Waals surface area contributed by atoms with Gasteiger partial charge in [-0.05, 0) is 12.5 Å². The van der Waals surface area contributed by atoms with Crippen molar-refractivity contribution in [1.82, 2.24) is 0 Å². The quantitative estimate of drug-likeness (QED) is 0.437. The number of hydrogen-bond donors (Lipinski definition) is 1. The summed E-state index contributed by atoms with van der Waals surface area (Å²) < 4.78 is 0. The van der Waals surface area contributed by atoms with Crippen molar-refractivity contribution in [3.05, 3.63) is 37.9 Å². The average molecular weight is 197 g/mol. The fourth-order valence-electron chi connectivity index (χ4n) is 1.02. The molecule has 0 aliphatic heterocycles. The van der Waals surface area contributed by atoms with Crippen molar-refractivity contribution in [2.24, 2.45) is 0 Å². The number of nitrogen functional groups attached to an aromatic ring is 1.